The van der Waals surface area contributed by atoms with Gasteiger partial charge in [0.05, 0.1) is 11.3 Å². The zero-order valence-corrected chi connectivity index (χ0v) is 13.8. The molecule has 19 heavy (non-hydrogen) atoms. The molecule has 116 valence electrons. The second-order valence-corrected chi connectivity index (χ2v) is 8.68. The molecule has 0 saturated heterocycles. The normalized spacial score (nSPS) is 14.7. The maximum absolute atomic E-state index is 12.0. The van der Waals surface area contributed by atoms with E-state index in [1.807, 2.05) is 0 Å². The van der Waals surface area contributed by atoms with Crippen molar-refractivity contribution in [3.05, 3.63) is 0 Å². The molecule has 0 saturated carbocycles. The van der Waals surface area contributed by atoms with Crippen molar-refractivity contribution in [2.45, 2.75) is 58.5 Å². The summed E-state index contributed by atoms with van der Waals surface area (Å²) in [6.07, 6.45) is 0.535. The van der Waals surface area contributed by atoms with Gasteiger partial charge >= 0.3 is 15.2 Å². The van der Waals surface area contributed by atoms with Gasteiger partial charge in [0.25, 0.3) is 0 Å². The van der Waals surface area contributed by atoms with Gasteiger partial charge < -0.3 is 19.6 Å². The standard InChI is InChI=1S/C11H26O6P2/c1-5-10(6-2,9-18(12,13)14)11(7-3,8-4)19(15,16)17/h5-9H2,1-4H3,(H2,12,13,14)(H2,15,16,17). The van der Waals surface area contributed by atoms with Gasteiger partial charge in [-0.05, 0) is 31.1 Å². The lowest BCUT2D eigenvalue weighted by molar-refractivity contribution is 0.143. The Balaban J connectivity index is 6.07. The number of hydrogen-bond donors (Lipinski definition) is 4. The van der Waals surface area contributed by atoms with Crippen LogP contribution in [-0.4, -0.2) is 30.9 Å². The smallest absolute Gasteiger partial charge is 0.324 e. The van der Waals surface area contributed by atoms with Crippen LogP contribution >= 0.6 is 15.2 Å². The van der Waals surface area contributed by atoms with Gasteiger partial charge in [0.15, 0.2) is 0 Å². The van der Waals surface area contributed by atoms with Crippen LogP contribution in [0.1, 0.15) is 53.4 Å². The average Bonchev–Trinajstić information content (AvgIpc) is 2.26. The van der Waals surface area contributed by atoms with Gasteiger partial charge in [0.1, 0.15) is 0 Å². The first-order chi connectivity index (χ1) is 8.45. The third kappa shape index (κ3) is 3.69. The molecule has 0 atom stereocenters. The Morgan fingerprint density at radius 2 is 1.16 bits per heavy atom. The van der Waals surface area contributed by atoms with Crippen LogP contribution in [0.3, 0.4) is 0 Å². The zero-order valence-electron chi connectivity index (χ0n) is 12.0. The van der Waals surface area contributed by atoms with Crippen molar-refractivity contribution in [2.24, 2.45) is 5.41 Å². The lowest BCUT2D eigenvalue weighted by Gasteiger charge is -2.49. The first kappa shape index (κ1) is 19.3. The Labute approximate surface area is 114 Å². The van der Waals surface area contributed by atoms with Gasteiger partial charge in [-0.3, -0.25) is 9.13 Å². The lowest BCUT2D eigenvalue weighted by atomic mass is 9.69. The van der Waals surface area contributed by atoms with E-state index < -0.39 is 31.9 Å². The molecule has 6 nitrogen and oxygen atoms in total. The van der Waals surface area contributed by atoms with Gasteiger partial charge in [0.2, 0.25) is 0 Å². The first-order valence-electron chi connectivity index (χ1n) is 6.55. The molecule has 8 heteroatoms. The van der Waals surface area contributed by atoms with Crippen molar-refractivity contribution in [1.29, 1.82) is 0 Å². The minimum Gasteiger partial charge on any atom is -0.324 e. The summed E-state index contributed by atoms with van der Waals surface area (Å²) >= 11 is 0. The van der Waals surface area contributed by atoms with Crippen molar-refractivity contribution >= 4 is 15.2 Å². The average molecular weight is 316 g/mol. The van der Waals surface area contributed by atoms with Crippen LogP contribution in [0.4, 0.5) is 0 Å². The predicted molar refractivity (Wildman–Crippen MR) is 75.3 cm³/mol. The van der Waals surface area contributed by atoms with E-state index in [0.29, 0.717) is 12.8 Å². The van der Waals surface area contributed by atoms with Gasteiger partial charge in [-0.15, -0.1) is 0 Å². The van der Waals surface area contributed by atoms with Crippen LogP contribution < -0.4 is 0 Å². The summed E-state index contributed by atoms with van der Waals surface area (Å²) < 4.78 is 23.4. The summed E-state index contributed by atoms with van der Waals surface area (Å²) in [4.78, 5) is 38.1. The lowest BCUT2D eigenvalue weighted by Crippen LogP contribution is -2.49. The first-order valence-corrected chi connectivity index (χ1v) is 9.96. The van der Waals surface area contributed by atoms with Gasteiger partial charge in [0, 0.05) is 0 Å². The van der Waals surface area contributed by atoms with Gasteiger partial charge in [-0.1, -0.05) is 27.7 Å². The molecule has 0 aromatic heterocycles. The minimum absolute atomic E-state index is 0.190. The van der Waals surface area contributed by atoms with E-state index in [9.17, 15) is 28.7 Å². The van der Waals surface area contributed by atoms with Crippen LogP contribution in [0, 0.1) is 5.41 Å². The molecule has 0 fully saturated rings. The molecule has 0 heterocycles. The van der Waals surface area contributed by atoms with Crippen LogP contribution in [-0.2, 0) is 9.13 Å². The van der Waals surface area contributed by atoms with Gasteiger partial charge in [-0.25, -0.2) is 0 Å². The third-order valence-electron chi connectivity index (χ3n) is 4.58. The summed E-state index contributed by atoms with van der Waals surface area (Å²) in [7, 11) is -8.85. The second kappa shape index (κ2) is 6.38. The molecule has 0 rings (SSSR count). The highest BCUT2D eigenvalue weighted by Crippen LogP contribution is 2.67. The summed E-state index contributed by atoms with van der Waals surface area (Å²) in [5, 5.41) is -1.38. The van der Waals surface area contributed by atoms with Crippen molar-refractivity contribution in [3.8, 4) is 0 Å². The molecule has 0 aromatic carbocycles. The fourth-order valence-corrected chi connectivity index (χ4v) is 6.89. The summed E-state index contributed by atoms with van der Waals surface area (Å²) in [5.74, 6) is 0. The summed E-state index contributed by atoms with van der Waals surface area (Å²) in [6.45, 7) is 6.80. The maximum atomic E-state index is 12.0. The summed E-state index contributed by atoms with van der Waals surface area (Å²) in [6, 6.07) is 0. The molecule has 0 unspecified atom stereocenters. The monoisotopic (exact) mass is 316 g/mol. The van der Waals surface area contributed by atoms with Crippen molar-refractivity contribution < 1.29 is 28.7 Å². The molecule has 0 spiro atoms. The SMILES string of the molecule is CCC(CC)(CP(=O)(O)O)C(CC)(CC)P(=O)(O)O. The Morgan fingerprint density at radius 1 is 0.789 bits per heavy atom. The highest BCUT2D eigenvalue weighted by Gasteiger charge is 2.59. The van der Waals surface area contributed by atoms with E-state index in [1.54, 1.807) is 27.7 Å². The molecule has 0 amide bonds. The largest absolute Gasteiger partial charge is 0.332 e. The highest BCUT2D eigenvalue weighted by molar-refractivity contribution is 7.54. The molecule has 0 radical (unpaired) electrons. The number of rotatable bonds is 8. The number of hydrogen-bond acceptors (Lipinski definition) is 2. The van der Waals surface area contributed by atoms with E-state index in [2.05, 4.69) is 0 Å². The van der Waals surface area contributed by atoms with E-state index in [4.69, 9.17) is 0 Å². The molecule has 0 aliphatic rings. The minimum atomic E-state index is -4.49. The van der Waals surface area contributed by atoms with Crippen LogP contribution in [0.15, 0.2) is 0 Å². The Bertz CT molecular complexity index is 375. The molecular formula is C11H26O6P2. The van der Waals surface area contributed by atoms with Crippen LogP contribution in [0.25, 0.3) is 0 Å². The molecule has 0 aliphatic carbocycles. The molecule has 4 N–H and O–H groups in total. The summed E-state index contributed by atoms with van der Waals surface area (Å²) in [5.41, 5.74) is -1.06. The fraction of sp³-hybridized carbons (Fsp3) is 1.00. The highest BCUT2D eigenvalue weighted by atomic mass is 31.2. The van der Waals surface area contributed by atoms with E-state index in [-0.39, 0.29) is 12.8 Å². The van der Waals surface area contributed by atoms with E-state index >= 15 is 0 Å². The third-order valence-corrected chi connectivity index (χ3v) is 7.82. The molecular weight excluding hydrogens is 290 g/mol. The Morgan fingerprint density at radius 3 is 1.32 bits per heavy atom. The topological polar surface area (TPSA) is 115 Å². The van der Waals surface area contributed by atoms with Crippen molar-refractivity contribution in [1.82, 2.24) is 0 Å². The predicted octanol–water partition coefficient (Wildman–Crippen LogP) is 2.71. The zero-order chi connectivity index (χ0) is 15.5. The van der Waals surface area contributed by atoms with Crippen LogP contribution in [0.2, 0.25) is 0 Å². The molecule has 0 aromatic rings. The van der Waals surface area contributed by atoms with Crippen molar-refractivity contribution in [3.63, 3.8) is 0 Å². The maximum Gasteiger partial charge on any atom is 0.332 e. The fourth-order valence-electron chi connectivity index (χ4n) is 3.39. The van der Waals surface area contributed by atoms with E-state index in [1.165, 1.54) is 0 Å². The van der Waals surface area contributed by atoms with Crippen molar-refractivity contribution in [2.75, 3.05) is 6.16 Å². The van der Waals surface area contributed by atoms with Gasteiger partial charge in [-0.2, -0.15) is 0 Å². The molecule has 0 aliphatic heterocycles. The van der Waals surface area contributed by atoms with E-state index in [0.717, 1.165) is 0 Å². The Kier molecular flexibility index (Phi) is 6.48. The second-order valence-electron chi connectivity index (χ2n) is 5.09. The Hall–Kier alpha value is 0.300. The molecule has 0 bridgehead atoms. The van der Waals surface area contributed by atoms with Crippen LogP contribution in [0.5, 0.6) is 0 Å². The quantitative estimate of drug-likeness (QED) is 0.512.